The molecule has 1 aliphatic rings. The number of aromatic nitrogens is 3. The van der Waals surface area contributed by atoms with E-state index in [1.165, 1.54) is 0 Å². The molecular formula is C19H18N4O2. The van der Waals surface area contributed by atoms with Crippen molar-refractivity contribution in [2.45, 2.75) is 20.0 Å². The lowest BCUT2D eigenvalue weighted by molar-refractivity contribution is 0.0961. The number of amides is 1. The molecule has 4 rings (SSSR count). The highest BCUT2D eigenvalue weighted by Crippen LogP contribution is 2.35. The summed E-state index contributed by atoms with van der Waals surface area (Å²) in [5, 5.41) is 0. The molecule has 1 amide bonds. The first-order valence-electron chi connectivity index (χ1n) is 8.15. The average molecular weight is 334 g/mol. The van der Waals surface area contributed by atoms with Crippen LogP contribution < -0.4 is 9.64 Å². The first-order valence-corrected chi connectivity index (χ1v) is 8.15. The summed E-state index contributed by atoms with van der Waals surface area (Å²) in [6.45, 7) is 4.48. The van der Waals surface area contributed by atoms with Crippen LogP contribution in [0.1, 0.15) is 22.8 Å². The van der Waals surface area contributed by atoms with Gasteiger partial charge >= 0.3 is 0 Å². The first kappa shape index (κ1) is 15.4. The molecular weight excluding hydrogens is 316 g/mol. The molecule has 3 heterocycles. The molecule has 25 heavy (non-hydrogen) atoms. The number of hydrogen-bond donors (Lipinski definition) is 0. The molecule has 1 aliphatic heterocycles. The molecule has 0 bridgehead atoms. The van der Waals surface area contributed by atoms with Crippen LogP contribution in [0.5, 0.6) is 5.75 Å². The third-order valence-corrected chi connectivity index (χ3v) is 4.18. The molecule has 0 saturated heterocycles. The van der Waals surface area contributed by atoms with Crippen molar-refractivity contribution >= 4 is 11.6 Å². The number of rotatable bonds is 2. The Morgan fingerprint density at radius 1 is 1.28 bits per heavy atom. The Morgan fingerprint density at radius 3 is 2.88 bits per heavy atom. The molecule has 0 spiro atoms. The van der Waals surface area contributed by atoms with Gasteiger partial charge in [-0.15, -0.1) is 0 Å². The predicted molar refractivity (Wildman–Crippen MR) is 94.3 cm³/mol. The van der Waals surface area contributed by atoms with Crippen LogP contribution in [0.25, 0.3) is 5.82 Å². The lowest BCUT2D eigenvalue weighted by Gasteiger charge is -2.33. The van der Waals surface area contributed by atoms with Crippen molar-refractivity contribution in [1.82, 2.24) is 14.5 Å². The second-order valence-corrected chi connectivity index (χ2v) is 6.19. The number of imidazole rings is 1. The van der Waals surface area contributed by atoms with Gasteiger partial charge in [-0.3, -0.25) is 9.36 Å². The summed E-state index contributed by atoms with van der Waals surface area (Å²) in [7, 11) is 0. The van der Waals surface area contributed by atoms with Crippen LogP contribution in [0.4, 0.5) is 5.69 Å². The number of aryl methyl sites for hydroxylation is 1. The molecule has 1 unspecified atom stereocenters. The minimum atomic E-state index is -0.0771. The summed E-state index contributed by atoms with van der Waals surface area (Å²) >= 11 is 0. The number of carbonyl (C=O) groups excluding carboxylic acids is 1. The summed E-state index contributed by atoms with van der Waals surface area (Å²) in [5.41, 5.74) is 2.44. The van der Waals surface area contributed by atoms with Crippen LogP contribution >= 0.6 is 0 Å². The number of fused-ring (bicyclic) bond motifs is 1. The fraction of sp³-hybridized carbons (Fsp3) is 0.211. The Labute approximate surface area is 145 Å². The zero-order valence-electron chi connectivity index (χ0n) is 14.1. The number of nitrogens with zero attached hydrogens (tertiary/aromatic N) is 4. The van der Waals surface area contributed by atoms with Gasteiger partial charge in [0, 0.05) is 18.6 Å². The quantitative estimate of drug-likeness (QED) is 0.723. The van der Waals surface area contributed by atoms with Gasteiger partial charge in [0.1, 0.15) is 24.0 Å². The number of anilines is 1. The van der Waals surface area contributed by atoms with E-state index in [2.05, 4.69) is 9.97 Å². The summed E-state index contributed by atoms with van der Waals surface area (Å²) in [5.74, 6) is 1.38. The van der Waals surface area contributed by atoms with Crippen molar-refractivity contribution in [3.63, 3.8) is 0 Å². The monoisotopic (exact) mass is 334 g/mol. The van der Waals surface area contributed by atoms with E-state index < -0.39 is 0 Å². The number of ether oxygens (including phenoxy) is 1. The second kappa shape index (κ2) is 6.05. The van der Waals surface area contributed by atoms with Crippen LogP contribution in [-0.2, 0) is 0 Å². The third kappa shape index (κ3) is 2.87. The molecule has 0 radical (unpaired) electrons. The number of carbonyl (C=O) groups is 1. The minimum absolute atomic E-state index is 0.0580. The van der Waals surface area contributed by atoms with Crippen molar-refractivity contribution in [3.8, 4) is 11.6 Å². The maximum absolute atomic E-state index is 13.0. The maximum Gasteiger partial charge on any atom is 0.260 e. The lowest BCUT2D eigenvalue weighted by atomic mass is 10.1. The average Bonchev–Trinajstić information content (AvgIpc) is 3.16. The van der Waals surface area contributed by atoms with Crippen molar-refractivity contribution in [2.24, 2.45) is 0 Å². The van der Waals surface area contributed by atoms with Crippen LogP contribution in [0.2, 0.25) is 0 Å². The SMILES string of the molecule is Cc1ccc2c(c1)N(C(=O)c1ccc(-n3ccnc3)nc1)CC(C)O2. The molecule has 1 aromatic carbocycles. The van der Waals surface area contributed by atoms with Crippen molar-refractivity contribution in [2.75, 3.05) is 11.4 Å². The van der Waals surface area contributed by atoms with E-state index in [0.717, 1.165) is 22.8 Å². The Kier molecular flexibility index (Phi) is 3.72. The van der Waals surface area contributed by atoms with Crippen molar-refractivity contribution in [1.29, 1.82) is 0 Å². The van der Waals surface area contributed by atoms with Gasteiger partial charge in [-0.05, 0) is 43.7 Å². The lowest BCUT2D eigenvalue weighted by Crippen LogP contribution is -2.42. The Balaban J connectivity index is 1.66. The van der Waals surface area contributed by atoms with E-state index >= 15 is 0 Å². The van der Waals surface area contributed by atoms with E-state index in [9.17, 15) is 4.79 Å². The molecule has 0 saturated carbocycles. The van der Waals surface area contributed by atoms with E-state index in [1.807, 2.05) is 44.3 Å². The Morgan fingerprint density at radius 2 is 2.16 bits per heavy atom. The molecule has 0 aliphatic carbocycles. The fourth-order valence-electron chi connectivity index (χ4n) is 2.96. The molecule has 6 heteroatoms. The van der Waals surface area contributed by atoms with Gasteiger partial charge in [0.2, 0.25) is 0 Å². The number of hydrogen-bond acceptors (Lipinski definition) is 4. The Hall–Kier alpha value is -3.15. The van der Waals surface area contributed by atoms with Crippen molar-refractivity contribution < 1.29 is 9.53 Å². The highest BCUT2D eigenvalue weighted by molar-refractivity contribution is 6.07. The summed E-state index contributed by atoms with van der Waals surface area (Å²) in [4.78, 5) is 23.2. The van der Waals surface area contributed by atoms with Gasteiger partial charge in [-0.1, -0.05) is 6.07 Å². The first-order chi connectivity index (χ1) is 12.1. The molecule has 6 nitrogen and oxygen atoms in total. The number of pyridine rings is 1. The predicted octanol–water partition coefficient (Wildman–Crippen LogP) is 3.00. The zero-order valence-corrected chi connectivity index (χ0v) is 14.1. The van der Waals surface area contributed by atoms with Gasteiger partial charge in [0.15, 0.2) is 0 Å². The normalized spacial score (nSPS) is 16.2. The topological polar surface area (TPSA) is 60.2 Å². The third-order valence-electron chi connectivity index (χ3n) is 4.18. The maximum atomic E-state index is 13.0. The van der Waals surface area contributed by atoms with E-state index in [0.29, 0.717) is 12.1 Å². The van der Waals surface area contributed by atoms with Gasteiger partial charge in [-0.25, -0.2) is 9.97 Å². The van der Waals surface area contributed by atoms with Gasteiger partial charge in [-0.2, -0.15) is 0 Å². The fourth-order valence-corrected chi connectivity index (χ4v) is 2.96. The largest absolute Gasteiger partial charge is 0.487 e. The molecule has 3 aromatic rings. The molecule has 0 N–H and O–H groups in total. The van der Waals surface area contributed by atoms with Crippen LogP contribution in [0.3, 0.4) is 0 Å². The van der Waals surface area contributed by atoms with E-state index in [1.54, 1.807) is 34.3 Å². The Bertz CT molecular complexity index is 904. The second-order valence-electron chi connectivity index (χ2n) is 6.19. The summed E-state index contributed by atoms with van der Waals surface area (Å²) < 4.78 is 7.65. The van der Waals surface area contributed by atoms with E-state index in [4.69, 9.17) is 4.74 Å². The van der Waals surface area contributed by atoms with Crippen molar-refractivity contribution in [3.05, 3.63) is 66.4 Å². The highest BCUT2D eigenvalue weighted by Gasteiger charge is 2.28. The van der Waals surface area contributed by atoms with Crippen LogP contribution in [0.15, 0.2) is 55.2 Å². The van der Waals surface area contributed by atoms with Gasteiger partial charge < -0.3 is 9.64 Å². The van der Waals surface area contributed by atoms with Crippen LogP contribution in [-0.4, -0.2) is 33.1 Å². The highest BCUT2D eigenvalue weighted by atomic mass is 16.5. The van der Waals surface area contributed by atoms with Gasteiger partial charge in [0.25, 0.3) is 5.91 Å². The van der Waals surface area contributed by atoms with E-state index in [-0.39, 0.29) is 12.0 Å². The molecule has 2 aromatic heterocycles. The standard InChI is InChI=1S/C19H18N4O2/c1-13-3-5-17-16(9-13)23(11-14(2)25-17)19(24)15-4-6-18(21-10-15)22-8-7-20-12-22/h3-10,12,14H,11H2,1-2H3. The smallest absolute Gasteiger partial charge is 0.260 e. The summed E-state index contributed by atoms with van der Waals surface area (Å²) in [6.07, 6.45) is 6.72. The summed E-state index contributed by atoms with van der Waals surface area (Å²) in [6, 6.07) is 9.49. The molecule has 0 fully saturated rings. The molecule has 1 atom stereocenters. The molecule has 126 valence electrons. The van der Waals surface area contributed by atoms with Crippen LogP contribution in [0, 0.1) is 6.92 Å². The van der Waals surface area contributed by atoms with Gasteiger partial charge in [0.05, 0.1) is 17.8 Å². The minimum Gasteiger partial charge on any atom is -0.487 e. The zero-order chi connectivity index (χ0) is 17.4. The number of benzene rings is 1.